The topological polar surface area (TPSA) is 29.5 Å². The Balaban J connectivity index is 2.06. The molecule has 3 rings (SSSR count). The number of halogens is 1. The molecule has 0 saturated carbocycles. The molecule has 0 N–H and O–H groups in total. The quantitative estimate of drug-likeness (QED) is 0.774. The zero-order valence-corrected chi connectivity index (χ0v) is 13.2. The highest BCUT2D eigenvalue weighted by molar-refractivity contribution is 9.10. The standard InChI is InChI=1S/C16H18BrNO2/c1-2-20-16(19)12-4-3-6-18-7-5-11-9-14(17)10-13(8-12)15(11)18/h8-10H,2-7H2,1H3/b12-8+. The van der Waals surface area contributed by atoms with Gasteiger partial charge in [-0.2, -0.15) is 0 Å². The van der Waals surface area contributed by atoms with Crippen molar-refractivity contribution in [1.29, 1.82) is 0 Å². The third kappa shape index (κ3) is 2.49. The van der Waals surface area contributed by atoms with Crippen LogP contribution < -0.4 is 4.90 Å². The first-order valence-corrected chi connectivity index (χ1v) is 7.93. The number of ether oxygens (including phenoxy) is 1. The van der Waals surface area contributed by atoms with E-state index in [2.05, 4.69) is 33.0 Å². The molecule has 0 saturated heterocycles. The van der Waals surface area contributed by atoms with E-state index < -0.39 is 0 Å². The summed E-state index contributed by atoms with van der Waals surface area (Å²) in [4.78, 5) is 14.5. The summed E-state index contributed by atoms with van der Waals surface area (Å²) in [6.45, 7) is 4.37. The van der Waals surface area contributed by atoms with Crippen molar-refractivity contribution in [2.24, 2.45) is 0 Å². The van der Waals surface area contributed by atoms with Gasteiger partial charge in [-0.05, 0) is 55.5 Å². The molecule has 2 aliphatic heterocycles. The average Bonchev–Trinajstić information content (AvgIpc) is 2.77. The fraction of sp³-hybridized carbons (Fsp3) is 0.438. The van der Waals surface area contributed by atoms with Gasteiger partial charge < -0.3 is 9.64 Å². The maximum Gasteiger partial charge on any atom is 0.334 e. The van der Waals surface area contributed by atoms with Crippen molar-refractivity contribution in [3.63, 3.8) is 0 Å². The van der Waals surface area contributed by atoms with Gasteiger partial charge in [0.05, 0.1) is 6.61 Å². The van der Waals surface area contributed by atoms with Gasteiger partial charge in [0.2, 0.25) is 0 Å². The summed E-state index contributed by atoms with van der Waals surface area (Å²) in [5.41, 5.74) is 4.60. The van der Waals surface area contributed by atoms with Crippen LogP contribution in [0.1, 0.15) is 30.9 Å². The molecule has 0 unspecified atom stereocenters. The molecule has 0 amide bonds. The van der Waals surface area contributed by atoms with Crippen LogP contribution in [-0.4, -0.2) is 25.7 Å². The molecule has 4 heteroatoms. The summed E-state index contributed by atoms with van der Waals surface area (Å²) in [6, 6.07) is 4.29. The van der Waals surface area contributed by atoms with Crippen LogP contribution >= 0.6 is 15.9 Å². The molecule has 0 fully saturated rings. The number of hydrogen-bond acceptors (Lipinski definition) is 3. The summed E-state index contributed by atoms with van der Waals surface area (Å²) in [5.74, 6) is -0.173. The van der Waals surface area contributed by atoms with Crippen LogP contribution in [0.2, 0.25) is 0 Å². The summed E-state index contributed by atoms with van der Waals surface area (Å²) < 4.78 is 6.24. The number of carbonyl (C=O) groups is 1. The number of esters is 1. The van der Waals surface area contributed by atoms with E-state index in [1.54, 1.807) is 0 Å². The van der Waals surface area contributed by atoms with E-state index >= 15 is 0 Å². The van der Waals surface area contributed by atoms with E-state index in [4.69, 9.17) is 4.74 Å². The Labute approximate surface area is 127 Å². The zero-order valence-electron chi connectivity index (χ0n) is 11.6. The average molecular weight is 336 g/mol. The molecule has 0 aliphatic carbocycles. The van der Waals surface area contributed by atoms with Gasteiger partial charge in [-0.3, -0.25) is 0 Å². The van der Waals surface area contributed by atoms with Gasteiger partial charge in [0.25, 0.3) is 0 Å². The van der Waals surface area contributed by atoms with Gasteiger partial charge in [-0.1, -0.05) is 15.9 Å². The first kappa shape index (κ1) is 13.7. The Morgan fingerprint density at radius 3 is 3.00 bits per heavy atom. The fourth-order valence-electron chi connectivity index (χ4n) is 3.06. The highest BCUT2D eigenvalue weighted by Crippen LogP contribution is 2.37. The van der Waals surface area contributed by atoms with Crippen molar-refractivity contribution in [1.82, 2.24) is 0 Å². The molecule has 0 atom stereocenters. The van der Waals surface area contributed by atoms with Gasteiger partial charge >= 0.3 is 5.97 Å². The zero-order chi connectivity index (χ0) is 14.1. The van der Waals surface area contributed by atoms with Crippen LogP contribution in [-0.2, 0) is 16.0 Å². The lowest BCUT2D eigenvalue weighted by Crippen LogP contribution is -2.24. The third-order valence-corrected chi connectivity index (χ3v) is 4.35. The second-order valence-electron chi connectivity index (χ2n) is 5.23. The van der Waals surface area contributed by atoms with Crippen LogP contribution in [0.3, 0.4) is 0 Å². The van der Waals surface area contributed by atoms with Gasteiger partial charge in [0.15, 0.2) is 0 Å². The van der Waals surface area contributed by atoms with Crippen molar-refractivity contribution in [3.05, 3.63) is 33.3 Å². The van der Waals surface area contributed by atoms with Crippen LogP contribution in [0, 0.1) is 0 Å². The molecule has 1 aromatic carbocycles. The van der Waals surface area contributed by atoms with Gasteiger partial charge in [0.1, 0.15) is 0 Å². The number of anilines is 1. The minimum Gasteiger partial charge on any atom is -0.463 e. The van der Waals surface area contributed by atoms with E-state index in [-0.39, 0.29) is 5.97 Å². The van der Waals surface area contributed by atoms with Crippen molar-refractivity contribution in [2.45, 2.75) is 26.2 Å². The highest BCUT2D eigenvalue weighted by atomic mass is 79.9. The maximum atomic E-state index is 12.0. The smallest absolute Gasteiger partial charge is 0.334 e. The Hall–Kier alpha value is -1.29. The molecule has 2 aliphatic rings. The number of nitrogens with zero attached hydrogens (tertiary/aromatic N) is 1. The van der Waals surface area contributed by atoms with E-state index in [9.17, 15) is 4.79 Å². The molecule has 20 heavy (non-hydrogen) atoms. The minimum absolute atomic E-state index is 0.173. The second-order valence-corrected chi connectivity index (χ2v) is 6.15. The van der Waals surface area contributed by atoms with Gasteiger partial charge in [-0.15, -0.1) is 0 Å². The summed E-state index contributed by atoms with van der Waals surface area (Å²) in [6.07, 6.45) is 4.89. The van der Waals surface area contributed by atoms with Crippen LogP contribution in [0.15, 0.2) is 22.2 Å². The second kappa shape index (κ2) is 5.60. The van der Waals surface area contributed by atoms with E-state index in [0.29, 0.717) is 6.61 Å². The molecule has 106 valence electrons. The number of rotatable bonds is 2. The fourth-order valence-corrected chi connectivity index (χ4v) is 3.58. The summed E-state index contributed by atoms with van der Waals surface area (Å²) in [5, 5.41) is 0. The molecule has 2 heterocycles. The molecule has 3 nitrogen and oxygen atoms in total. The predicted molar refractivity (Wildman–Crippen MR) is 83.9 cm³/mol. The van der Waals surface area contributed by atoms with E-state index in [1.165, 1.54) is 11.3 Å². The summed E-state index contributed by atoms with van der Waals surface area (Å²) >= 11 is 3.57. The van der Waals surface area contributed by atoms with Crippen molar-refractivity contribution in [2.75, 3.05) is 24.6 Å². The molecular formula is C16H18BrNO2. The Morgan fingerprint density at radius 2 is 2.20 bits per heavy atom. The molecule has 0 spiro atoms. The molecule has 0 aromatic heterocycles. The molecule has 0 bridgehead atoms. The normalized spacial score (nSPS) is 19.7. The lowest BCUT2D eigenvalue weighted by molar-refractivity contribution is -0.138. The number of benzene rings is 1. The largest absolute Gasteiger partial charge is 0.463 e. The van der Waals surface area contributed by atoms with Crippen LogP contribution in [0.25, 0.3) is 6.08 Å². The molecule has 1 aromatic rings. The van der Waals surface area contributed by atoms with Crippen molar-refractivity contribution < 1.29 is 9.53 Å². The Morgan fingerprint density at radius 1 is 1.35 bits per heavy atom. The van der Waals surface area contributed by atoms with Gasteiger partial charge in [-0.25, -0.2) is 4.79 Å². The number of hydrogen-bond donors (Lipinski definition) is 0. The first-order chi connectivity index (χ1) is 9.69. The Bertz CT molecular complexity index is 580. The van der Waals surface area contributed by atoms with E-state index in [0.717, 1.165) is 48.0 Å². The minimum atomic E-state index is -0.173. The van der Waals surface area contributed by atoms with E-state index in [1.807, 2.05) is 13.0 Å². The van der Waals surface area contributed by atoms with Crippen LogP contribution in [0.5, 0.6) is 0 Å². The first-order valence-electron chi connectivity index (χ1n) is 7.14. The lowest BCUT2D eigenvalue weighted by Gasteiger charge is -2.24. The van der Waals surface area contributed by atoms with Gasteiger partial charge in [0, 0.05) is 28.8 Å². The SMILES string of the molecule is CCOC(=O)/C1=C/c2cc(Br)cc3c2N(CCC1)CC3. The molecular weight excluding hydrogens is 318 g/mol. The lowest BCUT2D eigenvalue weighted by atomic mass is 10.0. The van der Waals surface area contributed by atoms with Crippen LogP contribution in [0.4, 0.5) is 5.69 Å². The predicted octanol–water partition coefficient (Wildman–Crippen LogP) is 3.55. The summed E-state index contributed by atoms with van der Waals surface area (Å²) in [7, 11) is 0. The van der Waals surface area contributed by atoms with Crippen molar-refractivity contribution >= 4 is 33.7 Å². The highest BCUT2D eigenvalue weighted by Gasteiger charge is 2.25. The monoisotopic (exact) mass is 335 g/mol. The van der Waals surface area contributed by atoms with Crippen molar-refractivity contribution in [3.8, 4) is 0 Å². The Kier molecular flexibility index (Phi) is 3.83. The molecule has 0 radical (unpaired) electrons. The number of carbonyl (C=O) groups excluding carboxylic acids is 1. The maximum absolute atomic E-state index is 12.0. The third-order valence-electron chi connectivity index (χ3n) is 3.89.